The molecule has 0 aromatic rings. The molecule has 0 fully saturated rings. The van der Waals surface area contributed by atoms with Crippen LogP contribution in [0.25, 0.3) is 0 Å². The average Bonchev–Trinajstić information content (AvgIpc) is 3.70. The number of phosphoric acid groups is 2. The highest BCUT2D eigenvalue weighted by molar-refractivity contribution is 7.47. The van der Waals surface area contributed by atoms with E-state index in [1.54, 1.807) is 0 Å². The Kier molecular flexibility index (Phi) is 60.8. The number of carbonyl (C=O) groups is 4. The van der Waals surface area contributed by atoms with Crippen molar-refractivity contribution in [3.05, 3.63) is 0 Å². The Labute approximate surface area is 543 Å². The number of phosphoric ester groups is 2. The molecule has 89 heavy (non-hydrogen) atoms. The second-order valence-corrected chi connectivity index (χ2v) is 28.9. The topological polar surface area (TPSA) is 237 Å². The number of aliphatic hydroxyl groups is 1. The average molecular weight is 1310 g/mol. The van der Waals surface area contributed by atoms with Gasteiger partial charge in [0.1, 0.15) is 19.3 Å². The number of rotatable bonds is 69. The Bertz CT molecular complexity index is 1740. The van der Waals surface area contributed by atoms with E-state index in [0.29, 0.717) is 25.7 Å². The van der Waals surface area contributed by atoms with Gasteiger partial charge >= 0.3 is 39.5 Å². The molecular weight excluding hydrogens is 1170 g/mol. The van der Waals surface area contributed by atoms with Crippen molar-refractivity contribution >= 4 is 39.5 Å². The van der Waals surface area contributed by atoms with Crippen LogP contribution in [-0.2, 0) is 65.4 Å². The van der Waals surface area contributed by atoms with Crippen molar-refractivity contribution < 1.29 is 80.2 Å². The molecule has 0 amide bonds. The van der Waals surface area contributed by atoms with Crippen LogP contribution >= 0.6 is 15.6 Å². The highest BCUT2D eigenvalue weighted by Gasteiger charge is 2.30. The molecule has 0 aliphatic carbocycles. The number of carbonyl (C=O) groups excluding carboxylic acids is 4. The van der Waals surface area contributed by atoms with Crippen molar-refractivity contribution in [1.29, 1.82) is 0 Å². The van der Waals surface area contributed by atoms with Crippen molar-refractivity contribution in [1.82, 2.24) is 0 Å². The summed E-state index contributed by atoms with van der Waals surface area (Å²) in [5, 5.41) is 10.6. The van der Waals surface area contributed by atoms with E-state index in [9.17, 15) is 43.2 Å². The van der Waals surface area contributed by atoms with E-state index < -0.39 is 97.5 Å². The van der Waals surface area contributed by atoms with E-state index in [2.05, 4.69) is 41.5 Å². The number of hydrogen-bond donors (Lipinski definition) is 3. The lowest BCUT2D eigenvalue weighted by Crippen LogP contribution is -2.30. The van der Waals surface area contributed by atoms with Gasteiger partial charge in [-0.05, 0) is 37.5 Å². The van der Waals surface area contributed by atoms with Crippen molar-refractivity contribution in [2.24, 2.45) is 11.8 Å². The SMILES string of the molecule is CCCCCCCCCCCCCCCCCCC(=O)O[C@H](COC(=O)CCCCCCCCCCCCCC(C)C)COP(=O)(O)OC[C@@H](O)COP(=O)(O)OC[C@@H](COC(=O)CCCCCCC)OC(=O)CCCCCCCCCCCCC(C)CC. The molecule has 0 aromatic heterocycles. The normalized spacial score (nSPS) is 14.4. The minimum Gasteiger partial charge on any atom is -0.462 e. The van der Waals surface area contributed by atoms with Gasteiger partial charge in [-0.25, -0.2) is 9.13 Å². The van der Waals surface area contributed by atoms with Crippen LogP contribution < -0.4 is 0 Å². The molecule has 0 saturated carbocycles. The quantitative estimate of drug-likeness (QED) is 0.0222. The zero-order chi connectivity index (χ0) is 65.7. The number of hydrogen-bond acceptors (Lipinski definition) is 15. The summed E-state index contributed by atoms with van der Waals surface area (Å²) in [5.74, 6) is -0.559. The summed E-state index contributed by atoms with van der Waals surface area (Å²) in [6, 6.07) is 0. The molecule has 0 aliphatic rings. The maximum atomic E-state index is 13.0. The molecule has 0 saturated heterocycles. The molecule has 3 unspecified atom stereocenters. The van der Waals surface area contributed by atoms with Crippen LogP contribution in [0.5, 0.6) is 0 Å². The van der Waals surface area contributed by atoms with E-state index >= 15 is 0 Å². The van der Waals surface area contributed by atoms with Gasteiger partial charge in [-0.3, -0.25) is 37.3 Å². The van der Waals surface area contributed by atoms with Crippen molar-refractivity contribution in [3.63, 3.8) is 0 Å². The summed E-state index contributed by atoms with van der Waals surface area (Å²) in [4.78, 5) is 72.3. The Hall–Kier alpha value is -1.94. The van der Waals surface area contributed by atoms with E-state index in [0.717, 1.165) is 108 Å². The van der Waals surface area contributed by atoms with Crippen molar-refractivity contribution in [2.75, 3.05) is 39.6 Å². The molecule has 0 aromatic carbocycles. The fourth-order valence-corrected chi connectivity index (χ4v) is 12.1. The number of aliphatic hydroxyl groups excluding tert-OH is 1. The third-order valence-electron chi connectivity index (χ3n) is 16.6. The van der Waals surface area contributed by atoms with Crippen LogP contribution in [0.15, 0.2) is 0 Å². The summed E-state index contributed by atoms with van der Waals surface area (Å²) in [6.07, 6.45) is 47.4. The van der Waals surface area contributed by atoms with E-state index in [-0.39, 0.29) is 25.7 Å². The summed E-state index contributed by atoms with van der Waals surface area (Å²) >= 11 is 0. The highest BCUT2D eigenvalue weighted by atomic mass is 31.2. The molecule has 528 valence electrons. The zero-order valence-corrected chi connectivity index (χ0v) is 59.5. The smallest absolute Gasteiger partial charge is 0.462 e. The first-order chi connectivity index (χ1) is 42.9. The van der Waals surface area contributed by atoms with Crippen LogP contribution in [0.1, 0.15) is 356 Å². The number of ether oxygens (including phenoxy) is 4. The molecule has 3 N–H and O–H groups in total. The Morgan fingerprint density at radius 1 is 0.326 bits per heavy atom. The highest BCUT2D eigenvalue weighted by Crippen LogP contribution is 2.45. The summed E-state index contributed by atoms with van der Waals surface area (Å²) in [5.41, 5.74) is 0. The van der Waals surface area contributed by atoms with E-state index in [4.69, 9.17) is 37.0 Å². The largest absolute Gasteiger partial charge is 0.472 e. The van der Waals surface area contributed by atoms with Crippen LogP contribution in [0.4, 0.5) is 0 Å². The second-order valence-electron chi connectivity index (χ2n) is 26.0. The van der Waals surface area contributed by atoms with Gasteiger partial charge in [0.25, 0.3) is 0 Å². The van der Waals surface area contributed by atoms with Gasteiger partial charge in [-0.2, -0.15) is 0 Å². The maximum absolute atomic E-state index is 13.0. The zero-order valence-electron chi connectivity index (χ0n) is 57.7. The molecule has 0 radical (unpaired) electrons. The lowest BCUT2D eigenvalue weighted by molar-refractivity contribution is -0.161. The van der Waals surface area contributed by atoms with E-state index in [1.165, 1.54) is 167 Å². The van der Waals surface area contributed by atoms with Gasteiger partial charge in [-0.1, -0.05) is 305 Å². The standard InChI is InChI=1S/C70H136O17P2/c1-7-10-12-14-15-16-17-18-19-20-21-24-31-36-42-48-54-70(75)87-66(59-81-68(73)53-47-41-35-30-25-22-23-28-33-39-44-50-62(4)5)61-85-89(78,79)83-57-64(71)56-82-88(76,77)84-60-65(58-80-67(72)52-46-38-13-11-8-2)86-69(74)55-49-43-37-32-27-26-29-34-40-45-51-63(6)9-3/h62-66,71H,7-61H2,1-6H3,(H,76,77)(H,78,79)/t63?,64-,65+,66+/m0/s1. The third kappa shape index (κ3) is 63.2. The Morgan fingerprint density at radius 3 is 0.854 bits per heavy atom. The van der Waals surface area contributed by atoms with Crippen molar-refractivity contribution in [3.8, 4) is 0 Å². The lowest BCUT2D eigenvalue weighted by atomic mass is 9.99. The number of esters is 4. The summed E-state index contributed by atoms with van der Waals surface area (Å²) in [6.45, 7) is 9.49. The molecule has 17 nitrogen and oxygen atoms in total. The fraction of sp³-hybridized carbons (Fsp3) is 0.943. The first kappa shape index (κ1) is 87.1. The fourth-order valence-electron chi connectivity index (χ4n) is 10.6. The maximum Gasteiger partial charge on any atom is 0.472 e. The third-order valence-corrected chi connectivity index (χ3v) is 18.5. The van der Waals surface area contributed by atoms with Crippen molar-refractivity contribution in [2.45, 2.75) is 374 Å². The predicted octanol–water partition coefficient (Wildman–Crippen LogP) is 20.0. The first-order valence-electron chi connectivity index (χ1n) is 36.5. The molecule has 19 heteroatoms. The van der Waals surface area contributed by atoms with Gasteiger partial charge in [0.15, 0.2) is 12.2 Å². The molecule has 0 spiro atoms. The number of unbranched alkanes of at least 4 members (excludes halogenated alkanes) is 38. The summed E-state index contributed by atoms with van der Waals surface area (Å²) < 4.78 is 68.1. The molecule has 0 heterocycles. The van der Waals surface area contributed by atoms with Gasteiger partial charge in [0.2, 0.25) is 0 Å². The monoisotopic (exact) mass is 1310 g/mol. The predicted molar refractivity (Wildman–Crippen MR) is 358 cm³/mol. The molecule has 0 aliphatic heterocycles. The summed E-state index contributed by atoms with van der Waals surface area (Å²) in [7, 11) is -9.89. The Balaban J connectivity index is 5.17. The van der Waals surface area contributed by atoms with Gasteiger partial charge in [0.05, 0.1) is 26.4 Å². The molecule has 6 atom stereocenters. The lowest BCUT2D eigenvalue weighted by Gasteiger charge is -2.21. The second kappa shape index (κ2) is 62.2. The van der Waals surface area contributed by atoms with Crippen LogP contribution in [0.3, 0.4) is 0 Å². The molecule has 0 bridgehead atoms. The van der Waals surface area contributed by atoms with Gasteiger partial charge in [-0.15, -0.1) is 0 Å². The minimum absolute atomic E-state index is 0.105. The van der Waals surface area contributed by atoms with E-state index in [1.807, 2.05) is 0 Å². The van der Waals surface area contributed by atoms with Gasteiger partial charge in [0, 0.05) is 25.7 Å². The van der Waals surface area contributed by atoms with Crippen LogP contribution in [-0.4, -0.2) is 96.7 Å². The Morgan fingerprint density at radius 2 is 0.573 bits per heavy atom. The molecule has 0 rings (SSSR count). The van der Waals surface area contributed by atoms with Crippen LogP contribution in [0.2, 0.25) is 0 Å². The first-order valence-corrected chi connectivity index (χ1v) is 39.5. The van der Waals surface area contributed by atoms with Crippen LogP contribution in [0, 0.1) is 11.8 Å². The minimum atomic E-state index is -4.95. The van der Waals surface area contributed by atoms with Gasteiger partial charge < -0.3 is 33.8 Å². The molecular formula is C70H136O17P2.